The largest absolute Gasteiger partial charge is 0.724 e. The van der Waals surface area contributed by atoms with Crippen molar-refractivity contribution in [3.05, 3.63) is 47.2 Å². The minimum atomic E-state index is -5.27. The standard InChI is InChI=1S/C28H34N8O10S2/c1-28(2)23(25(38)36(28)46-48(41,42)43)32-24(37)21(18-14-47-27(30)31-18)33-45-22(26(39)40)20-8-6-16-11-15(5-7-19(16)44-20)17-12-34(3)35(13-17)10-4-9-29/h5,7,11-14,20,22-23H,4,6,8-10,29H2,1-3H3,(H4-,30,31,32,37,39,40,41,42,43)/b33-21-/t20-,22?,23-/m1/s1. The van der Waals surface area contributed by atoms with E-state index in [4.69, 9.17) is 21.0 Å². The third-order valence-corrected chi connectivity index (χ3v) is 8.92. The van der Waals surface area contributed by atoms with Crippen LogP contribution in [0.4, 0.5) is 5.13 Å². The average molecular weight is 707 g/mol. The number of carbonyl (C=O) groups is 3. The summed E-state index contributed by atoms with van der Waals surface area (Å²) in [6.07, 6.45) is 2.95. The first-order chi connectivity index (χ1) is 22.6. The molecule has 0 radical (unpaired) electrons. The number of thiazole rings is 1. The maximum absolute atomic E-state index is 13.4. The molecule has 258 valence electrons. The number of aliphatic carboxylic acids is 1. The number of carboxylic acids is 1. The minimum absolute atomic E-state index is 0.0630. The molecule has 2 aliphatic heterocycles. The minimum Gasteiger partial charge on any atom is -0.724 e. The monoisotopic (exact) mass is 706 g/mol. The summed E-state index contributed by atoms with van der Waals surface area (Å²) in [5.74, 6) is -2.98. The van der Waals surface area contributed by atoms with Gasteiger partial charge in [0.15, 0.2) is 17.9 Å². The van der Waals surface area contributed by atoms with Gasteiger partial charge in [0.2, 0.25) is 16.6 Å². The van der Waals surface area contributed by atoms with Crippen LogP contribution in [0.15, 0.2) is 41.1 Å². The molecule has 5 rings (SSSR count). The highest BCUT2D eigenvalue weighted by atomic mass is 32.3. The second kappa shape index (κ2) is 13.5. The number of β-lactam (4-membered cyclic amide) rings is 1. The van der Waals surface area contributed by atoms with Gasteiger partial charge in [-0.3, -0.25) is 9.59 Å². The van der Waals surface area contributed by atoms with Crippen molar-refractivity contribution in [2.24, 2.45) is 17.9 Å². The maximum Gasteiger partial charge on any atom is 0.351 e. The summed E-state index contributed by atoms with van der Waals surface area (Å²) in [6.45, 7) is 4.06. The van der Waals surface area contributed by atoms with Crippen molar-refractivity contribution in [2.75, 3.05) is 12.3 Å². The van der Waals surface area contributed by atoms with E-state index < -0.39 is 57.7 Å². The van der Waals surface area contributed by atoms with Crippen LogP contribution in [0.25, 0.3) is 11.1 Å². The van der Waals surface area contributed by atoms with Crippen molar-refractivity contribution in [1.82, 2.24) is 20.0 Å². The van der Waals surface area contributed by atoms with Gasteiger partial charge < -0.3 is 36.0 Å². The molecule has 1 saturated heterocycles. The summed E-state index contributed by atoms with van der Waals surface area (Å²) in [4.78, 5) is 47.7. The number of aryl methyl sites for hydroxylation is 3. The summed E-state index contributed by atoms with van der Waals surface area (Å²) < 4.78 is 47.4. The van der Waals surface area contributed by atoms with E-state index in [9.17, 15) is 32.5 Å². The predicted octanol–water partition coefficient (Wildman–Crippen LogP) is -0.568. The van der Waals surface area contributed by atoms with E-state index in [1.807, 2.05) is 36.3 Å². The SMILES string of the molecule is C[n+]1cc(-c2ccc3c(c2)CC[C@H](C(O/N=C(\C(=O)N[C@@H]2C(=O)N(OS(=O)(=O)[O-])C2(C)C)c2csc(N)n2)C(=O)O)O3)cn1CCCN. The Morgan fingerprint density at radius 1 is 1.35 bits per heavy atom. The van der Waals surface area contributed by atoms with Gasteiger partial charge in [-0.2, -0.15) is 14.0 Å². The molecule has 1 fully saturated rings. The topological polar surface area (TPSA) is 258 Å². The van der Waals surface area contributed by atoms with Crippen LogP contribution in [0.5, 0.6) is 5.75 Å². The zero-order valence-corrected chi connectivity index (χ0v) is 27.7. The molecule has 20 heteroatoms. The molecule has 0 saturated carbocycles. The number of rotatable bonds is 13. The normalized spacial score (nSPS) is 19.6. The fourth-order valence-corrected chi connectivity index (χ4v) is 6.38. The van der Waals surface area contributed by atoms with Gasteiger partial charge >= 0.3 is 5.97 Å². The van der Waals surface area contributed by atoms with Crippen molar-refractivity contribution >= 4 is 50.4 Å². The number of oxime groups is 1. The summed E-state index contributed by atoms with van der Waals surface area (Å²) in [5, 5.41) is 18.0. The zero-order chi connectivity index (χ0) is 35.0. The molecule has 1 unspecified atom stereocenters. The zero-order valence-electron chi connectivity index (χ0n) is 26.1. The van der Waals surface area contributed by atoms with Crippen molar-refractivity contribution in [1.29, 1.82) is 0 Å². The summed E-state index contributed by atoms with van der Waals surface area (Å²) in [5.41, 5.74) is 12.2. The number of nitrogens with one attached hydrogen (secondary N) is 1. The molecule has 2 amide bonds. The smallest absolute Gasteiger partial charge is 0.351 e. The first kappa shape index (κ1) is 34.7. The number of aromatic nitrogens is 3. The van der Waals surface area contributed by atoms with E-state index in [1.54, 1.807) is 6.07 Å². The second-order valence-electron chi connectivity index (χ2n) is 11.7. The molecule has 1 aromatic carbocycles. The lowest BCUT2D eigenvalue weighted by atomic mass is 9.84. The molecule has 0 aliphatic carbocycles. The van der Waals surface area contributed by atoms with Gasteiger partial charge in [0.1, 0.15) is 23.6 Å². The van der Waals surface area contributed by atoms with Crippen molar-refractivity contribution in [3.8, 4) is 16.9 Å². The van der Waals surface area contributed by atoms with E-state index >= 15 is 0 Å². The number of nitrogens with zero attached hydrogens (tertiary/aromatic N) is 5. The molecule has 3 aromatic rings. The highest BCUT2D eigenvalue weighted by Gasteiger charge is 2.57. The van der Waals surface area contributed by atoms with E-state index in [-0.39, 0.29) is 17.2 Å². The number of carbonyl (C=O) groups excluding carboxylic acids is 2. The van der Waals surface area contributed by atoms with Gasteiger partial charge in [-0.15, -0.1) is 16.0 Å². The number of hydrogen-bond acceptors (Lipinski definition) is 14. The number of anilines is 1. The van der Waals surface area contributed by atoms with Crippen molar-refractivity contribution in [3.63, 3.8) is 0 Å². The number of nitrogens with two attached hydrogens (primary N) is 2. The number of nitrogen functional groups attached to an aromatic ring is 1. The van der Waals surface area contributed by atoms with E-state index in [0.717, 1.165) is 41.0 Å². The van der Waals surface area contributed by atoms with Crippen molar-refractivity contribution in [2.45, 2.75) is 63.4 Å². The lowest BCUT2D eigenvalue weighted by Crippen LogP contribution is -2.76. The first-order valence-electron chi connectivity index (χ1n) is 14.6. The molecule has 4 heterocycles. The number of benzene rings is 1. The molecular formula is C28H34N8O10S2. The summed E-state index contributed by atoms with van der Waals surface area (Å²) in [7, 11) is -3.32. The van der Waals surface area contributed by atoms with Crippen LogP contribution >= 0.6 is 11.3 Å². The van der Waals surface area contributed by atoms with E-state index in [2.05, 4.69) is 24.4 Å². The Hall–Kier alpha value is -4.63. The number of ether oxygens (including phenoxy) is 1. The Kier molecular flexibility index (Phi) is 9.74. The van der Waals surface area contributed by atoms with Gasteiger partial charge in [0.25, 0.3) is 17.9 Å². The van der Waals surface area contributed by atoms with Crippen LogP contribution in [0.2, 0.25) is 0 Å². The molecule has 48 heavy (non-hydrogen) atoms. The molecule has 0 spiro atoms. The van der Waals surface area contributed by atoms with Crippen LogP contribution in [-0.4, -0.2) is 86.6 Å². The fraction of sp³-hybridized carbons (Fsp3) is 0.429. The predicted molar refractivity (Wildman–Crippen MR) is 167 cm³/mol. The van der Waals surface area contributed by atoms with Crippen LogP contribution in [-0.2, 0) is 53.9 Å². The third-order valence-electron chi connectivity index (χ3n) is 7.92. The molecule has 18 nitrogen and oxygen atoms in total. The highest BCUT2D eigenvalue weighted by molar-refractivity contribution is 7.80. The molecule has 6 N–H and O–H groups in total. The summed E-state index contributed by atoms with van der Waals surface area (Å²) >= 11 is 0.967. The molecule has 2 aliphatic rings. The average Bonchev–Trinajstić information content (AvgIpc) is 3.63. The number of hydroxylamine groups is 2. The van der Waals surface area contributed by atoms with Gasteiger partial charge in [-0.25, -0.2) is 18.2 Å². The van der Waals surface area contributed by atoms with E-state index in [1.165, 1.54) is 19.2 Å². The molecule has 0 bridgehead atoms. The van der Waals surface area contributed by atoms with Gasteiger partial charge in [0, 0.05) is 5.38 Å². The second-order valence-corrected chi connectivity index (χ2v) is 13.5. The van der Waals surface area contributed by atoms with Crippen molar-refractivity contribution < 1.29 is 51.0 Å². The van der Waals surface area contributed by atoms with Crippen LogP contribution in [0, 0.1) is 0 Å². The van der Waals surface area contributed by atoms with Gasteiger partial charge in [-0.05, 0) is 62.9 Å². The number of amides is 2. The number of carboxylic acid groups (broad SMARTS) is 1. The molecular weight excluding hydrogens is 672 g/mol. The Balaban J connectivity index is 1.32. The first-order valence-corrected chi connectivity index (χ1v) is 16.8. The number of fused-ring (bicyclic) bond motifs is 1. The highest BCUT2D eigenvalue weighted by Crippen LogP contribution is 2.34. The lowest BCUT2D eigenvalue weighted by molar-refractivity contribution is -0.753. The van der Waals surface area contributed by atoms with Crippen LogP contribution in [0.3, 0.4) is 0 Å². The third kappa shape index (κ3) is 7.26. The van der Waals surface area contributed by atoms with Gasteiger partial charge in [-0.1, -0.05) is 11.2 Å². The molecule has 2 aromatic heterocycles. The quantitative estimate of drug-likeness (QED) is 0.0434. The Labute approximate surface area is 278 Å². The fourth-order valence-electron chi connectivity index (χ4n) is 5.39. The van der Waals surface area contributed by atoms with Crippen LogP contribution < -0.4 is 26.2 Å². The maximum atomic E-state index is 13.4. The Bertz CT molecular complexity index is 1870. The van der Waals surface area contributed by atoms with Crippen LogP contribution in [0.1, 0.15) is 37.9 Å². The van der Waals surface area contributed by atoms with E-state index in [0.29, 0.717) is 23.8 Å². The molecule has 3 atom stereocenters. The Morgan fingerprint density at radius 2 is 2.10 bits per heavy atom. The van der Waals surface area contributed by atoms with Gasteiger partial charge in [0.05, 0.1) is 23.8 Å². The summed E-state index contributed by atoms with van der Waals surface area (Å²) in [6, 6.07) is 4.27. The Morgan fingerprint density at radius 3 is 2.73 bits per heavy atom. The lowest BCUT2D eigenvalue weighted by Gasteiger charge is -2.51. The number of hydrogen-bond donors (Lipinski definition) is 4.